The van der Waals surface area contributed by atoms with Crippen LogP contribution in [0.4, 0.5) is 0 Å². The van der Waals surface area contributed by atoms with Gasteiger partial charge in [-0.2, -0.15) is 0 Å². The van der Waals surface area contributed by atoms with Gasteiger partial charge in [-0.25, -0.2) is 0 Å². The Bertz CT molecular complexity index is 489. The van der Waals surface area contributed by atoms with Gasteiger partial charge in [0, 0.05) is 5.92 Å². The molecule has 0 radical (unpaired) electrons. The largest absolute Gasteiger partial charge is 0.0998 e. The van der Waals surface area contributed by atoms with E-state index in [-0.39, 0.29) is 0 Å². The summed E-state index contributed by atoms with van der Waals surface area (Å²) in [6.45, 7) is 10.9. The van der Waals surface area contributed by atoms with E-state index in [9.17, 15) is 0 Å². The maximum absolute atomic E-state index is 4.22. The molecule has 1 aliphatic carbocycles. The van der Waals surface area contributed by atoms with Crippen LogP contribution in [0.2, 0.25) is 0 Å². The van der Waals surface area contributed by atoms with Crippen molar-refractivity contribution in [2.75, 3.05) is 0 Å². The number of hydrogen-bond acceptors (Lipinski definition) is 0. The normalized spacial score (nSPS) is 22.0. The molecule has 0 spiro atoms. The summed E-state index contributed by atoms with van der Waals surface area (Å²) in [4.78, 5) is 0. The Morgan fingerprint density at radius 2 is 1.90 bits per heavy atom. The number of unbranched alkanes of at least 4 members (excludes halogenated alkanes) is 2. The van der Waals surface area contributed by atoms with Crippen LogP contribution in [0.25, 0.3) is 0 Å². The maximum Gasteiger partial charge on any atom is 0.00859 e. The zero-order valence-electron chi connectivity index (χ0n) is 14.0. The van der Waals surface area contributed by atoms with Gasteiger partial charge in [-0.1, -0.05) is 67.8 Å². The third-order valence-corrected chi connectivity index (χ3v) is 4.81. The molecule has 0 heteroatoms. The Labute approximate surface area is 131 Å². The molecule has 0 aliphatic heterocycles. The molecule has 2 rings (SSSR count). The van der Waals surface area contributed by atoms with Crippen LogP contribution in [0.3, 0.4) is 0 Å². The summed E-state index contributed by atoms with van der Waals surface area (Å²) in [5.74, 6) is 1.14. The number of allylic oxidation sites excluding steroid dienone is 3. The molecule has 0 saturated carbocycles. The van der Waals surface area contributed by atoms with Gasteiger partial charge in [0.2, 0.25) is 0 Å². The highest BCUT2D eigenvalue weighted by Crippen LogP contribution is 2.39. The van der Waals surface area contributed by atoms with E-state index in [0.717, 1.165) is 0 Å². The highest BCUT2D eigenvalue weighted by Gasteiger charge is 2.25. The van der Waals surface area contributed by atoms with E-state index < -0.39 is 0 Å². The minimum atomic E-state index is 0.529. The fraction of sp³-hybridized carbons (Fsp3) is 0.524. The third kappa shape index (κ3) is 4.33. The summed E-state index contributed by atoms with van der Waals surface area (Å²) < 4.78 is 0. The van der Waals surface area contributed by atoms with Crippen molar-refractivity contribution >= 4 is 0 Å². The van der Waals surface area contributed by atoms with Gasteiger partial charge in [0.05, 0.1) is 0 Å². The van der Waals surface area contributed by atoms with Crippen molar-refractivity contribution in [3.05, 3.63) is 59.2 Å². The van der Waals surface area contributed by atoms with Crippen molar-refractivity contribution in [1.82, 2.24) is 0 Å². The second-order valence-corrected chi connectivity index (χ2v) is 6.73. The van der Waals surface area contributed by atoms with Crippen LogP contribution in [-0.4, -0.2) is 0 Å². The van der Waals surface area contributed by atoms with Crippen LogP contribution in [0, 0.1) is 5.92 Å². The first-order valence-corrected chi connectivity index (χ1v) is 8.53. The summed E-state index contributed by atoms with van der Waals surface area (Å²) in [5, 5.41) is 0. The van der Waals surface area contributed by atoms with E-state index >= 15 is 0 Å². The van der Waals surface area contributed by atoms with Gasteiger partial charge in [-0.15, -0.1) is 0 Å². The van der Waals surface area contributed by atoms with E-state index in [0.29, 0.717) is 11.8 Å². The number of rotatable bonds is 6. The lowest BCUT2D eigenvalue weighted by Crippen LogP contribution is -2.16. The summed E-state index contributed by atoms with van der Waals surface area (Å²) >= 11 is 0. The van der Waals surface area contributed by atoms with Crippen molar-refractivity contribution in [2.45, 2.75) is 65.2 Å². The molecule has 0 fully saturated rings. The van der Waals surface area contributed by atoms with Crippen LogP contribution >= 0.6 is 0 Å². The molecule has 1 aromatic carbocycles. The van der Waals surface area contributed by atoms with E-state index in [2.05, 4.69) is 57.7 Å². The maximum atomic E-state index is 4.22. The lowest BCUT2D eigenvalue weighted by atomic mass is 9.74. The summed E-state index contributed by atoms with van der Waals surface area (Å²) in [5.41, 5.74) is 5.80. The first-order chi connectivity index (χ1) is 10.1. The van der Waals surface area contributed by atoms with Crippen molar-refractivity contribution in [3.8, 4) is 0 Å². The minimum absolute atomic E-state index is 0.529. The number of benzene rings is 1. The topological polar surface area (TPSA) is 0 Å². The van der Waals surface area contributed by atoms with Crippen LogP contribution < -0.4 is 0 Å². The predicted octanol–water partition coefficient (Wildman–Crippen LogP) is 6.44. The molecule has 0 nitrogen and oxygen atoms in total. The smallest absolute Gasteiger partial charge is 0.00859 e. The second kappa shape index (κ2) is 7.64. The average molecular weight is 282 g/mol. The molecule has 0 heterocycles. The number of aryl methyl sites for hydroxylation is 1. The van der Waals surface area contributed by atoms with Crippen LogP contribution in [0.15, 0.2) is 48.1 Å². The van der Waals surface area contributed by atoms with Crippen molar-refractivity contribution < 1.29 is 0 Å². The van der Waals surface area contributed by atoms with Crippen LogP contribution in [0.5, 0.6) is 0 Å². The molecular formula is C21H30. The van der Waals surface area contributed by atoms with Crippen LogP contribution in [-0.2, 0) is 6.42 Å². The summed E-state index contributed by atoms with van der Waals surface area (Å²) in [6, 6.07) is 9.35. The Balaban J connectivity index is 2.12. The number of hydrogen-bond donors (Lipinski definition) is 0. The molecule has 2 unspecified atom stereocenters. The lowest BCUT2D eigenvalue weighted by Gasteiger charge is -2.30. The SMILES string of the molecule is C=C(C)C1CCC(C)=CC1c1ccc(CCCCC)cc1. The average Bonchev–Trinajstić information content (AvgIpc) is 2.48. The van der Waals surface area contributed by atoms with Crippen molar-refractivity contribution in [2.24, 2.45) is 5.92 Å². The van der Waals surface area contributed by atoms with Crippen molar-refractivity contribution in [3.63, 3.8) is 0 Å². The molecule has 0 bridgehead atoms. The van der Waals surface area contributed by atoms with Crippen LogP contribution in [0.1, 0.15) is 69.9 Å². The van der Waals surface area contributed by atoms with Crippen molar-refractivity contribution in [1.29, 1.82) is 0 Å². The van der Waals surface area contributed by atoms with E-state index in [1.807, 2.05) is 0 Å². The fourth-order valence-electron chi connectivity index (χ4n) is 3.44. The Morgan fingerprint density at radius 3 is 2.52 bits per heavy atom. The van der Waals surface area contributed by atoms with Gasteiger partial charge in [0.25, 0.3) is 0 Å². The van der Waals surface area contributed by atoms with E-state index in [1.54, 1.807) is 0 Å². The second-order valence-electron chi connectivity index (χ2n) is 6.73. The highest BCUT2D eigenvalue weighted by molar-refractivity contribution is 5.33. The summed E-state index contributed by atoms with van der Waals surface area (Å²) in [7, 11) is 0. The van der Waals surface area contributed by atoms with Gasteiger partial charge >= 0.3 is 0 Å². The fourth-order valence-corrected chi connectivity index (χ4v) is 3.44. The standard InChI is InChI=1S/C21H30/c1-5-6-7-8-18-10-12-19(13-11-18)21-15-17(4)9-14-20(21)16(2)3/h10-13,15,20-21H,2,5-9,14H2,1,3-4H3. The minimum Gasteiger partial charge on any atom is -0.0998 e. The van der Waals surface area contributed by atoms with Gasteiger partial charge < -0.3 is 0 Å². The molecule has 1 aromatic rings. The third-order valence-electron chi connectivity index (χ3n) is 4.81. The van der Waals surface area contributed by atoms with Gasteiger partial charge in [-0.3, -0.25) is 0 Å². The molecule has 0 aromatic heterocycles. The zero-order valence-corrected chi connectivity index (χ0v) is 14.0. The van der Waals surface area contributed by atoms with E-state index in [4.69, 9.17) is 0 Å². The molecule has 0 amide bonds. The predicted molar refractivity (Wildman–Crippen MR) is 93.7 cm³/mol. The molecular weight excluding hydrogens is 252 g/mol. The first-order valence-electron chi connectivity index (χ1n) is 8.53. The lowest BCUT2D eigenvalue weighted by molar-refractivity contribution is 0.483. The molecule has 114 valence electrons. The molecule has 2 atom stereocenters. The molecule has 21 heavy (non-hydrogen) atoms. The highest BCUT2D eigenvalue weighted by atomic mass is 14.3. The Morgan fingerprint density at radius 1 is 1.19 bits per heavy atom. The first kappa shape index (κ1) is 16.1. The Kier molecular flexibility index (Phi) is 5.85. The quantitative estimate of drug-likeness (QED) is 0.416. The monoisotopic (exact) mass is 282 g/mol. The van der Waals surface area contributed by atoms with Gasteiger partial charge in [-0.05, 0) is 56.6 Å². The zero-order chi connectivity index (χ0) is 15.2. The summed E-state index contributed by atoms with van der Waals surface area (Å²) in [6.07, 6.45) is 10.1. The van der Waals surface area contributed by atoms with Gasteiger partial charge in [0.15, 0.2) is 0 Å². The van der Waals surface area contributed by atoms with Gasteiger partial charge in [0.1, 0.15) is 0 Å². The molecule has 0 saturated heterocycles. The van der Waals surface area contributed by atoms with E-state index in [1.165, 1.54) is 60.8 Å². The molecule has 1 aliphatic rings. The Hall–Kier alpha value is -1.30. The molecule has 0 N–H and O–H groups in total.